The number of fused-ring (bicyclic) bond motifs is 1. The molecule has 7 nitrogen and oxygen atoms in total. The molecule has 1 aliphatic heterocycles. The van der Waals surface area contributed by atoms with Crippen LogP contribution in [0.5, 0.6) is 0 Å². The minimum atomic E-state index is -0.123. The fourth-order valence-electron chi connectivity index (χ4n) is 3.57. The largest absolute Gasteiger partial charge is 0.367 e. The number of rotatable bonds is 2. The normalized spacial score (nSPS) is 17.2. The molecule has 7 heteroatoms. The van der Waals surface area contributed by atoms with Gasteiger partial charge in [-0.15, -0.1) is 0 Å². The molecule has 27 heavy (non-hydrogen) atoms. The highest BCUT2D eigenvalue weighted by molar-refractivity contribution is 5.94. The van der Waals surface area contributed by atoms with E-state index in [-0.39, 0.29) is 12.1 Å². The molecule has 2 amide bonds. The molecule has 0 bridgehead atoms. The van der Waals surface area contributed by atoms with Gasteiger partial charge in [-0.05, 0) is 32.0 Å². The van der Waals surface area contributed by atoms with Gasteiger partial charge in [-0.3, -0.25) is 10.3 Å². The third-order valence-corrected chi connectivity index (χ3v) is 4.90. The van der Waals surface area contributed by atoms with E-state index in [1.807, 2.05) is 23.4 Å². The number of nitrogens with one attached hydrogen (secondary N) is 1. The molecule has 1 aliphatic rings. The van der Waals surface area contributed by atoms with Crippen LogP contribution in [0.4, 0.5) is 16.3 Å². The van der Waals surface area contributed by atoms with Gasteiger partial charge < -0.3 is 9.80 Å². The fraction of sp³-hybridized carbons (Fsp3) is 0.300. The Morgan fingerprint density at radius 2 is 2.07 bits per heavy atom. The van der Waals surface area contributed by atoms with Crippen molar-refractivity contribution in [3.05, 3.63) is 54.7 Å². The van der Waals surface area contributed by atoms with Gasteiger partial charge in [-0.2, -0.15) is 0 Å². The van der Waals surface area contributed by atoms with E-state index < -0.39 is 0 Å². The molecule has 4 rings (SSSR count). The summed E-state index contributed by atoms with van der Waals surface area (Å²) in [5, 5.41) is 5.19. The summed E-state index contributed by atoms with van der Waals surface area (Å²) in [7, 11) is 0. The van der Waals surface area contributed by atoms with Crippen molar-refractivity contribution in [1.29, 1.82) is 0 Å². The monoisotopic (exact) mass is 362 g/mol. The molecule has 0 saturated carbocycles. The third-order valence-electron chi connectivity index (χ3n) is 4.90. The van der Waals surface area contributed by atoms with Gasteiger partial charge in [0.05, 0.1) is 0 Å². The standard InChI is InChI=1S/C20H22N6O/c1-14-13-25(18-5-3-4-16-12-21-8-6-17(16)18)10-11-26(14)20(27)24-19-7-9-22-15(2)23-19/h3-9,12,14H,10-11,13H2,1-2H3,(H,22,23,24,27). The Hall–Kier alpha value is -3.22. The van der Waals surface area contributed by atoms with Gasteiger partial charge in [0.15, 0.2) is 0 Å². The van der Waals surface area contributed by atoms with Gasteiger partial charge >= 0.3 is 6.03 Å². The maximum absolute atomic E-state index is 12.7. The number of aromatic nitrogens is 3. The van der Waals surface area contributed by atoms with E-state index in [4.69, 9.17) is 0 Å². The molecule has 1 N–H and O–H groups in total. The molecule has 1 aromatic carbocycles. The van der Waals surface area contributed by atoms with Crippen molar-refractivity contribution in [3.63, 3.8) is 0 Å². The summed E-state index contributed by atoms with van der Waals surface area (Å²) in [6.07, 6.45) is 5.35. The maximum atomic E-state index is 12.7. The molecule has 0 spiro atoms. The van der Waals surface area contributed by atoms with Crippen molar-refractivity contribution in [2.75, 3.05) is 29.9 Å². The van der Waals surface area contributed by atoms with Crippen molar-refractivity contribution in [1.82, 2.24) is 19.9 Å². The zero-order chi connectivity index (χ0) is 18.8. The van der Waals surface area contributed by atoms with Crippen molar-refractivity contribution >= 4 is 28.3 Å². The first-order valence-corrected chi connectivity index (χ1v) is 9.07. The van der Waals surface area contributed by atoms with Crippen molar-refractivity contribution in [3.8, 4) is 0 Å². The van der Waals surface area contributed by atoms with E-state index in [2.05, 4.69) is 50.3 Å². The summed E-state index contributed by atoms with van der Waals surface area (Å²) < 4.78 is 0. The summed E-state index contributed by atoms with van der Waals surface area (Å²) in [6.45, 7) is 6.08. The first-order valence-electron chi connectivity index (χ1n) is 9.07. The number of nitrogens with zero attached hydrogens (tertiary/aromatic N) is 5. The molecule has 2 aromatic heterocycles. The lowest BCUT2D eigenvalue weighted by Crippen LogP contribution is -2.55. The molecule has 1 atom stereocenters. The van der Waals surface area contributed by atoms with Crippen LogP contribution in [-0.2, 0) is 0 Å². The summed E-state index contributed by atoms with van der Waals surface area (Å²) in [6, 6.07) is 9.97. The predicted octanol–water partition coefficient (Wildman–Crippen LogP) is 3.08. The molecule has 1 saturated heterocycles. The fourth-order valence-corrected chi connectivity index (χ4v) is 3.57. The Labute approximate surface area is 158 Å². The Balaban J connectivity index is 1.48. The lowest BCUT2D eigenvalue weighted by molar-refractivity contribution is 0.185. The number of urea groups is 1. The molecule has 0 aliphatic carbocycles. The first kappa shape index (κ1) is 17.2. The predicted molar refractivity (Wildman–Crippen MR) is 106 cm³/mol. The van der Waals surface area contributed by atoms with Crippen LogP contribution in [0.25, 0.3) is 10.8 Å². The van der Waals surface area contributed by atoms with E-state index in [1.54, 1.807) is 19.2 Å². The van der Waals surface area contributed by atoms with Crippen molar-refractivity contribution in [2.24, 2.45) is 0 Å². The molecule has 1 fully saturated rings. The number of hydrogen-bond donors (Lipinski definition) is 1. The second kappa shape index (κ2) is 7.19. The highest BCUT2D eigenvalue weighted by atomic mass is 16.2. The van der Waals surface area contributed by atoms with Crippen molar-refractivity contribution in [2.45, 2.75) is 19.9 Å². The van der Waals surface area contributed by atoms with Gasteiger partial charge in [-0.1, -0.05) is 12.1 Å². The minimum Gasteiger partial charge on any atom is -0.367 e. The minimum absolute atomic E-state index is 0.0822. The second-order valence-electron chi connectivity index (χ2n) is 6.78. The molecule has 3 heterocycles. The summed E-state index contributed by atoms with van der Waals surface area (Å²) >= 11 is 0. The maximum Gasteiger partial charge on any atom is 0.323 e. The number of hydrogen-bond acceptors (Lipinski definition) is 5. The van der Waals surface area contributed by atoms with Crippen LogP contribution in [0.3, 0.4) is 0 Å². The zero-order valence-corrected chi connectivity index (χ0v) is 15.5. The van der Waals surface area contributed by atoms with Gasteiger partial charge in [0.1, 0.15) is 11.6 Å². The average molecular weight is 362 g/mol. The number of piperazine rings is 1. The number of carbonyl (C=O) groups is 1. The van der Waals surface area contributed by atoms with Gasteiger partial charge in [0, 0.05) is 60.7 Å². The van der Waals surface area contributed by atoms with Crippen LogP contribution in [0, 0.1) is 6.92 Å². The average Bonchev–Trinajstić information content (AvgIpc) is 2.67. The van der Waals surface area contributed by atoms with E-state index in [0.717, 1.165) is 18.5 Å². The number of carbonyl (C=O) groups excluding carboxylic acids is 1. The van der Waals surface area contributed by atoms with Crippen molar-refractivity contribution < 1.29 is 4.79 Å². The van der Waals surface area contributed by atoms with Crippen LogP contribution in [0.15, 0.2) is 48.9 Å². The Morgan fingerprint density at radius 1 is 1.19 bits per heavy atom. The van der Waals surface area contributed by atoms with Gasteiger partial charge in [0.2, 0.25) is 0 Å². The molecule has 3 aromatic rings. The third kappa shape index (κ3) is 3.53. The number of pyridine rings is 1. The number of benzene rings is 1. The van der Waals surface area contributed by atoms with Crippen LogP contribution < -0.4 is 10.2 Å². The topological polar surface area (TPSA) is 74.2 Å². The SMILES string of the molecule is Cc1nccc(NC(=O)N2CCN(c3cccc4cnccc34)CC2C)n1. The molecule has 138 valence electrons. The van der Waals surface area contributed by atoms with E-state index in [1.165, 1.54) is 11.1 Å². The van der Waals surface area contributed by atoms with Crippen LogP contribution >= 0.6 is 0 Å². The molecular weight excluding hydrogens is 340 g/mol. The molecular formula is C20H22N6O. The lowest BCUT2D eigenvalue weighted by atomic mass is 10.1. The quantitative estimate of drug-likeness (QED) is 0.758. The Kier molecular flexibility index (Phi) is 4.58. The summed E-state index contributed by atoms with van der Waals surface area (Å²) in [5.41, 5.74) is 1.19. The first-order chi connectivity index (χ1) is 13.1. The van der Waals surface area contributed by atoms with Gasteiger partial charge in [0.25, 0.3) is 0 Å². The van der Waals surface area contributed by atoms with Crippen LogP contribution in [0.2, 0.25) is 0 Å². The second-order valence-corrected chi connectivity index (χ2v) is 6.78. The summed E-state index contributed by atoms with van der Waals surface area (Å²) in [4.78, 5) is 29.4. The van der Waals surface area contributed by atoms with Gasteiger partial charge in [-0.25, -0.2) is 14.8 Å². The Bertz CT molecular complexity index is 970. The lowest BCUT2D eigenvalue weighted by Gasteiger charge is -2.41. The number of aryl methyl sites for hydroxylation is 1. The summed E-state index contributed by atoms with van der Waals surface area (Å²) in [5.74, 6) is 1.17. The van der Waals surface area contributed by atoms with E-state index in [0.29, 0.717) is 18.2 Å². The molecule has 0 radical (unpaired) electrons. The van der Waals surface area contributed by atoms with E-state index in [9.17, 15) is 4.79 Å². The highest BCUT2D eigenvalue weighted by Gasteiger charge is 2.28. The van der Waals surface area contributed by atoms with Crippen LogP contribution in [0.1, 0.15) is 12.7 Å². The Morgan fingerprint density at radius 3 is 2.89 bits per heavy atom. The highest BCUT2D eigenvalue weighted by Crippen LogP contribution is 2.28. The van der Waals surface area contributed by atoms with Crippen LogP contribution in [-0.4, -0.2) is 51.6 Å². The zero-order valence-electron chi connectivity index (χ0n) is 15.5. The molecule has 1 unspecified atom stereocenters. The number of anilines is 2. The smallest absolute Gasteiger partial charge is 0.323 e. The van der Waals surface area contributed by atoms with E-state index >= 15 is 0 Å². The number of amides is 2.